The molecule has 6 heteroatoms. The lowest BCUT2D eigenvalue weighted by molar-refractivity contribution is -0.125. The summed E-state index contributed by atoms with van der Waals surface area (Å²) in [5.74, 6) is 0.603. The Morgan fingerprint density at radius 3 is 2.69 bits per heavy atom. The van der Waals surface area contributed by atoms with Crippen LogP contribution in [0.4, 0.5) is 0 Å². The van der Waals surface area contributed by atoms with Gasteiger partial charge in [0.15, 0.2) is 0 Å². The van der Waals surface area contributed by atoms with E-state index in [2.05, 4.69) is 51.7 Å². The van der Waals surface area contributed by atoms with Crippen molar-refractivity contribution in [3.05, 3.63) is 71.4 Å². The van der Waals surface area contributed by atoms with Gasteiger partial charge in [-0.2, -0.15) is 0 Å². The molecule has 1 atom stereocenters. The molecule has 188 valence electrons. The lowest BCUT2D eigenvalue weighted by atomic mass is 9.79. The molecule has 0 bridgehead atoms. The zero-order valence-corrected chi connectivity index (χ0v) is 22.7. The first-order valence-corrected chi connectivity index (χ1v) is 13.5. The monoisotopic (exact) mass is 530 g/mol. The fourth-order valence-corrected chi connectivity index (χ4v) is 6.58. The van der Waals surface area contributed by atoms with E-state index >= 15 is 0 Å². The van der Waals surface area contributed by atoms with Crippen LogP contribution in [0.5, 0.6) is 0 Å². The van der Waals surface area contributed by atoms with Crippen LogP contribution in [0.3, 0.4) is 0 Å². The molecule has 3 aromatic rings. The van der Waals surface area contributed by atoms with E-state index in [1.54, 1.807) is 0 Å². The number of carbonyl (C=O) groups is 1. The molecule has 1 aromatic carbocycles. The number of aromatic nitrogens is 1. The largest absolute Gasteiger partial charge is 0.303 e. The lowest BCUT2D eigenvalue weighted by Crippen LogP contribution is -2.31. The van der Waals surface area contributed by atoms with Gasteiger partial charge in [0.25, 0.3) is 0 Å². The number of ketones is 1. The number of thiophene rings is 1. The summed E-state index contributed by atoms with van der Waals surface area (Å²) in [4.78, 5) is 20.7. The van der Waals surface area contributed by atoms with E-state index in [1.165, 1.54) is 40.5 Å². The average molecular weight is 532 g/mol. The van der Waals surface area contributed by atoms with Gasteiger partial charge >= 0.3 is 0 Å². The van der Waals surface area contributed by atoms with E-state index < -0.39 is 0 Å². The van der Waals surface area contributed by atoms with E-state index in [1.807, 2.05) is 29.7 Å². The molecule has 1 aliphatic carbocycles. The smallest absolute Gasteiger partial charge is 0.145 e. The Morgan fingerprint density at radius 2 is 1.89 bits per heavy atom. The first-order chi connectivity index (χ1) is 16.3. The number of halogens is 2. The second-order valence-electron chi connectivity index (χ2n) is 9.59. The number of benzene rings is 1. The second kappa shape index (κ2) is 13.5. The van der Waals surface area contributed by atoms with Crippen LogP contribution in [-0.4, -0.2) is 35.3 Å². The van der Waals surface area contributed by atoms with Gasteiger partial charge in [0.2, 0.25) is 0 Å². The van der Waals surface area contributed by atoms with Crippen molar-refractivity contribution in [1.82, 2.24) is 9.88 Å². The molecule has 5 rings (SSSR count). The van der Waals surface area contributed by atoms with Crippen molar-refractivity contribution in [2.75, 3.05) is 19.6 Å². The highest BCUT2D eigenvalue weighted by Gasteiger charge is 2.30. The summed E-state index contributed by atoms with van der Waals surface area (Å²) in [6, 6.07) is 14.9. The van der Waals surface area contributed by atoms with Crippen molar-refractivity contribution < 1.29 is 4.79 Å². The first-order valence-electron chi connectivity index (χ1n) is 12.6. The van der Waals surface area contributed by atoms with E-state index in [4.69, 9.17) is 0 Å². The van der Waals surface area contributed by atoms with Crippen LogP contribution in [0.25, 0.3) is 15.7 Å². The standard InChI is InChI=1S/C29H34N2OS.2ClH/c32-28(23-8-2-1-3-9-23)26(27-13-4-5-17-30-27)15-20-31-18-7-11-22(14-19-31)25-12-6-10-24-16-21-33-29(24)25;;/h4-6,10-13,16-17,21,23,26H,1-3,7-9,14-15,18-20H2;2*1H. The zero-order valence-electron chi connectivity index (χ0n) is 20.2. The van der Waals surface area contributed by atoms with Gasteiger partial charge in [0, 0.05) is 29.9 Å². The maximum absolute atomic E-state index is 13.5. The predicted molar refractivity (Wildman–Crippen MR) is 153 cm³/mol. The van der Waals surface area contributed by atoms with Gasteiger partial charge in [-0.25, -0.2) is 0 Å². The number of fused-ring (bicyclic) bond motifs is 1. The molecule has 0 saturated heterocycles. The summed E-state index contributed by atoms with van der Waals surface area (Å²) < 4.78 is 1.41. The quantitative estimate of drug-likeness (QED) is 0.310. The number of carbonyl (C=O) groups excluding carboxylic acids is 1. The number of rotatable bonds is 7. The normalized spacial score (nSPS) is 18.1. The van der Waals surface area contributed by atoms with Crippen molar-refractivity contribution in [3.8, 4) is 0 Å². The Morgan fingerprint density at radius 1 is 1.03 bits per heavy atom. The highest BCUT2D eigenvalue weighted by Crippen LogP contribution is 2.34. The lowest BCUT2D eigenvalue weighted by Gasteiger charge is -2.27. The van der Waals surface area contributed by atoms with Gasteiger partial charge in [-0.3, -0.25) is 9.78 Å². The molecule has 0 spiro atoms. The second-order valence-corrected chi connectivity index (χ2v) is 10.5. The van der Waals surface area contributed by atoms with Crippen molar-refractivity contribution >= 4 is 57.6 Å². The molecule has 2 aliphatic rings. The fourth-order valence-electron chi connectivity index (χ4n) is 5.63. The van der Waals surface area contributed by atoms with Crippen molar-refractivity contribution in [2.24, 2.45) is 5.92 Å². The summed E-state index contributed by atoms with van der Waals surface area (Å²) in [5.41, 5.74) is 3.85. The van der Waals surface area contributed by atoms with E-state index in [9.17, 15) is 4.79 Å². The average Bonchev–Trinajstić information content (AvgIpc) is 3.24. The van der Waals surface area contributed by atoms with E-state index in [0.717, 1.165) is 57.4 Å². The highest BCUT2D eigenvalue weighted by atomic mass is 35.5. The number of Topliss-reactive ketones (excluding diaryl/α,β-unsaturated/α-hetero) is 1. The van der Waals surface area contributed by atoms with Crippen LogP contribution >= 0.6 is 36.2 Å². The summed E-state index contributed by atoms with van der Waals surface area (Å²) in [6.45, 7) is 3.08. The van der Waals surface area contributed by atoms with Crippen LogP contribution in [0.1, 0.15) is 68.5 Å². The van der Waals surface area contributed by atoms with Crippen molar-refractivity contribution in [1.29, 1.82) is 0 Å². The highest BCUT2D eigenvalue weighted by molar-refractivity contribution is 7.17. The summed E-state index contributed by atoms with van der Waals surface area (Å²) >= 11 is 1.84. The number of hydrogen-bond donors (Lipinski definition) is 0. The Hall–Kier alpha value is -1.72. The van der Waals surface area contributed by atoms with Gasteiger partial charge in [-0.15, -0.1) is 36.2 Å². The van der Waals surface area contributed by atoms with Crippen LogP contribution in [0, 0.1) is 5.92 Å². The number of hydrogen-bond acceptors (Lipinski definition) is 4. The SMILES string of the molecule is Cl.Cl.O=C(C1CCCCC1)C(CCN1CCC=C(c2cccc3ccsc23)CC1)c1ccccn1. The van der Waals surface area contributed by atoms with Crippen LogP contribution in [-0.2, 0) is 4.79 Å². The molecule has 3 heterocycles. The minimum absolute atomic E-state index is 0. The van der Waals surface area contributed by atoms with Gasteiger partial charge in [-0.05, 0) is 78.8 Å². The summed E-state index contributed by atoms with van der Waals surface area (Å²) in [6.07, 6.45) is 13.1. The fraction of sp³-hybridized carbons (Fsp3) is 0.448. The van der Waals surface area contributed by atoms with E-state index in [-0.39, 0.29) is 36.6 Å². The minimum Gasteiger partial charge on any atom is -0.303 e. The van der Waals surface area contributed by atoms with E-state index in [0.29, 0.717) is 5.78 Å². The molecular weight excluding hydrogens is 495 g/mol. The topological polar surface area (TPSA) is 33.2 Å². The van der Waals surface area contributed by atoms with Gasteiger partial charge < -0.3 is 4.90 Å². The van der Waals surface area contributed by atoms with Gasteiger partial charge in [0.1, 0.15) is 5.78 Å². The number of nitrogens with zero attached hydrogens (tertiary/aromatic N) is 2. The predicted octanol–water partition coefficient (Wildman–Crippen LogP) is 7.94. The number of pyridine rings is 1. The van der Waals surface area contributed by atoms with Crippen molar-refractivity contribution in [2.45, 2.75) is 57.3 Å². The third kappa shape index (κ3) is 6.74. The molecule has 3 nitrogen and oxygen atoms in total. The maximum Gasteiger partial charge on any atom is 0.145 e. The molecular formula is C29H36Cl2N2OS. The maximum atomic E-state index is 13.5. The molecule has 0 amide bonds. The molecule has 1 unspecified atom stereocenters. The Balaban J connectivity index is 0.00000171. The molecule has 0 N–H and O–H groups in total. The third-order valence-corrected chi connectivity index (χ3v) is 8.45. The summed E-state index contributed by atoms with van der Waals surface area (Å²) in [5, 5.41) is 3.54. The summed E-state index contributed by atoms with van der Waals surface area (Å²) in [7, 11) is 0. The Bertz CT molecular complexity index is 1110. The molecule has 1 fully saturated rings. The van der Waals surface area contributed by atoms with Gasteiger partial charge in [-0.1, -0.05) is 49.6 Å². The molecule has 2 aromatic heterocycles. The third-order valence-electron chi connectivity index (χ3n) is 7.49. The van der Waals surface area contributed by atoms with Gasteiger partial charge in [0.05, 0.1) is 11.6 Å². The first kappa shape index (κ1) is 27.9. The molecule has 0 radical (unpaired) electrons. The Labute approximate surface area is 225 Å². The van der Waals surface area contributed by atoms with Crippen LogP contribution < -0.4 is 0 Å². The minimum atomic E-state index is -0.0650. The Kier molecular flexibility index (Phi) is 10.8. The van der Waals surface area contributed by atoms with Crippen molar-refractivity contribution in [3.63, 3.8) is 0 Å². The van der Waals surface area contributed by atoms with Crippen LogP contribution in [0.15, 0.2) is 60.1 Å². The molecule has 1 aliphatic heterocycles. The van der Waals surface area contributed by atoms with Crippen LogP contribution in [0.2, 0.25) is 0 Å². The zero-order chi connectivity index (χ0) is 22.5. The molecule has 1 saturated carbocycles. The molecule has 35 heavy (non-hydrogen) atoms.